The van der Waals surface area contributed by atoms with Gasteiger partial charge >= 0.3 is 0 Å². The van der Waals surface area contributed by atoms with E-state index in [2.05, 4.69) is 442 Å². The Kier molecular flexibility index (Phi) is 19.6. The van der Waals surface area contributed by atoms with Crippen molar-refractivity contribution in [1.82, 2.24) is 44.9 Å². The number of hydrogen-bond acceptors (Lipinski definition) is 13. The molecular formula is C129H76N10S3. The lowest BCUT2D eigenvalue weighted by Crippen LogP contribution is -2.10. The Labute approximate surface area is 825 Å². The molecule has 0 spiro atoms. The van der Waals surface area contributed by atoms with Gasteiger partial charge in [0.15, 0.2) is 17.5 Å². The van der Waals surface area contributed by atoms with Crippen LogP contribution in [0, 0.1) is 0 Å². The van der Waals surface area contributed by atoms with Gasteiger partial charge in [0.2, 0.25) is 0 Å². The molecule has 0 aliphatic rings. The zero-order chi connectivity index (χ0) is 93.4. The summed E-state index contributed by atoms with van der Waals surface area (Å²) in [5.41, 5.74) is 19.3. The van der Waals surface area contributed by atoms with Crippen LogP contribution in [0.1, 0.15) is 0 Å². The molecule has 142 heavy (non-hydrogen) atoms. The molecule has 9 heterocycles. The minimum absolute atomic E-state index is 0.611. The molecule has 0 saturated heterocycles. The molecule has 0 atom stereocenters. The first-order chi connectivity index (χ1) is 70.3. The predicted molar refractivity (Wildman–Crippen MR) is 601 cm³/mol. The van der Waals surface area contributed by atoms with Gasteiger partial charge in [-0.15, -0.1) is 34.0 Å². The maximum absolute atomic E-state index is 5.37. The van der Waals surface area contributed by atoms with Crippen LogP contribution >= 0.6 is 34.0 Å². The number of pyridine rings is 3. The molecule has 0 aliphatic heterocycles. The predicted octanol–water partition coefficient (Wildman–Crippen LogP) is 35.7. The van der Waals surface area contributed by atoms with Crippen LogP contribution in [-0.4, -0.2) is 44.9 Å². The van der Waals surface area contributed by atoms with Gasteiger partial charge < -0.3 is 4.90 Å². The minimum Gasteiger partial charge on any atom is -0.310 e. The molecule has 0 aliphatic carbocycles. The van der Waals surface area contributed by atoms with Crippen LogP contribution in [0.3, 0.4) is 0 Å². The van der Waals surface area contributed by atoms with Crippen molar-refractivity contribution in [2.75, 3.05) is 4.90 Å². The Hall–Kier alpha value is -18.1. The van der Waals surface area contributed by atoms with Gasteiger partial charge in [-0.05, 0) is 181 Å². The summed E-state index contributed by atoms with van der Waals surface area (Å²) in [4.78, 5) is 49.5. The lowest BCUT2D eigenvalue weighted by Gasteiger charge is -2.26. The fourth-order valence-electron chi connectivity index (χ4n) is 20.9. The third-order valence-corrected chi connectivity index (χ3v) is 31.1. The molecule has 13 heteroatoms. The van der Waals surface area contributed by atoms with E-state index in [1.807, 2.05) is 58.3 Å². The Morgan fingerprint density at radius 2 is 0.430 bits per heavy atom. The molecule has 0 radical (unpaired) electrons. The molecule has 0 amide bonds. The summed E-state index contributed by atoms with van der Waals surface area (Å²) < 4.78 is 7.68. The lowest BCUT2D eigenvalue weighted by atomic mass is 9.99. The summed E-state index contributed by atoms with van der Waals surface area (Å²) in [6.45, 7) is 0. The molecule has 0 saturated carbocycles. The van der Waals surface area contributed by atoms with Gasteiger partial charge in [-0.3, -0.25) is 0 Å². The topological polar surface area (TPSA) is 119 Å². The Bertz CT molecular complexity index is 10400. The van der Waals surface area contributed by atoms with Crippen molar-refractivity contribution >= 4 is 242 Å². The monoisotopic (exact) mass is 1860 g/mol. The Morgan fingerprint density at radius 3 is 0.838 bits per heavy atom. The van der Waals surface area contributed by atoms with Crippen molar-refractivity contribution < 1.29 is 0 Å². The number of hydrogen-bond donors (Lipinski definition) is 0. The fraction of sp³-hybridized carbons (Fsp3) is 0. The third-order valence-electron chi connectivity index (χ3n) is 27.7. The maximum atomic E-state index is 5.37. The fourth-order valence-corrected chi connectivity index (χ4v) is 24.3. The van der Waals surface area contributed by atoms with Crippen LogP contribution in [0.15, 0.2) is 461 Å². The van der Waals surface area contributed by atoms with E-state index in [1.54, 1.807) is 0 Å². The Morgan fingerprint density at radius 1 is 0.134 bits per heavy atom. The summed E-state index contributed by atoms with van der Waals surface area (Å²) >= 11 is 5.50. The van der Waals surface area contributed by atoms with Gasteiger partial charge in [0, 0.05) is 143 Å². The molecule has 21 aromatic carbocycles. The smallest absolute Gasteiger partial charge is 0.179 e. The van der Waals surface area contributed by atoms with Crippen LogP contribution < -0.4 is 4.90 Å². The van der Waals surface area contributed by atoms with Crippen molar-refractivity contribution in [2.24, 2.45) is 0 Å². The van der Waals surface area contributed by atoms with Crippen LogP contribution in [0.2, 0.25) is 0 Å². The van der Waals surface area contributed by atoms with Crippen LogP contribution in [-0.2, 0) is 0 Å². The van der Waals surface area contributed by atoms with Gasteiger partial charge in [-0.2, -0.15) is 0 Å². The number of nitrogens with zero attached hydrogens (tertiary/aromatic N) is 10. The molecule has 9 aromatic heterocycles. The van der Waals surface area contributed by atoms with Crippen molar-refractivity contribution in [1.29, 1.82) is 0 Å². The average Bonchev–Trinajstić information content (AvgIpc) is 1.44. The number of rotatable bonds is 10. The molecule has 0 fully saturated rings. The SMILES string of the molecule is c1ccc(-c2cccc(-c3nc(-c4nc5cc6c(cc5c5ccccc45)sc4ccccc46)nc4ccccc34)c2)cc1.c1ccc2cc(-c3nc(-c4nc5cc6c(cc5c5ccccc45)sc4ccccc46)nc4ccccc34)ccc2c1.c1ccc2cc(N(c3ccc(-c4nc(-c5nc6cc7c(cc6c6ccccc56)sc5ccccc57)nc5ccccc45)cc3)c3ccc4ccccc4c3)ccc2c1. The van der Waals surface area contributed by atoms with Gasteiger partial charge in [-0.25, -0.2) is 44.9 Å². The largest absolute Gasteiger partial charge is 0.310 e. The highest BCUT2D eigenvalue weighted by molar-refractivity contribution is 7.26. The first-order valence-corrected chi connectivity index (χ1v) is 50.0. The quantitative estimate of drug-likeness (QED) is 0.122. The summed E-state index contributed by atoms with van der Waals surface area (Å²) in [6, 6.07) is 163. The standard InChI is InChI=1S/C53H32N4S.C39H23N3S.C37H21N3S/c1-3-13-36-29-39(27-21-33(36)11-1)57(40-28-22-34-12-2-4-14-37(34)30-40)38-25-23-35(24-26-38)51-44-18-7-9-19-47(44)55-53(56-51)52-43-17-6-5-15-41(43)45-32-50-46(31-48(45)54-52)42-16-8-10-20-49(42)58-50;1-2-11-24(12-3-1)25-13-10-14-26(21-25)37-30-18-6-8-19-33(30)41-39(42-37)38-29-17-5-4-15-27(29)31-23-36-32(22-34(31)40-38)28-16-7-9-20-35(28)43-36;1-2-10-23-19-24(18-17-22(23)9-1)35-28-14-5-7-15-31(28)39-37(40-35)36-27-13-4-3-11-25(27)29-21-34-30(20-32(29)38-36)26-12-6-8-16-33(26)41-34/h1-32H;1-23H;1-21H. The van der Waals surface area contributed by atoms with Crippen molar-refractivity contribution in [3.8, 4) is 79.5 Å². The number of para-hydroxylation sites is 3. The van der Waals surface area contributed by atoms with Gasteiger partial charge in [0.05, 0.1) is 50.2 Å². The second kappa shape index (κ2) is 34.0. The molecule has 30 aromatic rings. The lowest BCUT2D eigenvalue weighted by molar-refractivity contribution is 1.20. The van der Waals surface area contributed by atoms with E-state index in [4.69, 9.17) is 44.9 Å². The zero-order valence-electron chi connectivity index (χ0n) is 76.1. The summed E-state index contributed by atoms with van der Waals surface area (Å²) in [5, 5.41) is 27.8. The molecular weight excluding hydrogens is 1790 g/mol. The molecule has 0 N–H and O–H groups in total. The van der Waals surface area contributed by atoms with Crippen molar-refractivity contribution in [3.05, 3.63) is 461 Å². The number of fused-ring (bicyclic) bond motifs is 24. The minimum atomic E-state index is 0.611. The highest BCUT2D eigenvalue weighted by Crippen LogP contribution is 2.48. The summed E-state index contributed by atoms with van der Waals surface area (Å²) in [6.07, 6.45) is 0. The number of thiophene rings is 3. The summed E-state index contributed by atoms with van der Waals surface area (Å²) in [5.74, 6) is 1.88. The number of anilines is 3. The van der Waals surface area contributed by atoms with Gasteiger partial charge in [0.25, 0.3) is 0 Å². The molecule has 10 nitrogen and oxygen atoms in total. The Balaban J connectivity index is 0.000000106. The molecule has 0 unspecified atom stereocenters. The van der Waals surface area contributed by atoms with E-state index < -0.39 is 0 Å². The second-order valence-corrected chi connectivity index (χ2v) is 39.4. The molecule has 660 valence electrons. The summed E-state index contributed by atoms with van der Waals surface area (Å²) in [7, 11) is 0. The molecule has 0 bridgehead atoms. The zero-order valence-corrected chi connectivity index (χ0v) is 78.5. The first-order valence-electron chi connectivity index (χ1n) is 47.6. The normalized spacial score (nSPS) is 11.8. The van der Waals surface area contributed by atoms with Crippen LogP contribution in [0.25, 0.3) is 270 Å². The highest BCUT2D eigenvalue weighted by atomic mass is 32.1. The molecule has 30 rings (SSSR count). The van der Waals surface area contributed by atoms with Crippen LogP contribution in [0.4, 0.5) is 17.1 Å². The average molecular weight is 1860 g/mol. The van der Waals surface area contributed by atoms with E-state index in [0.717, 1.165) is 171 Å². The van der Waals surface area contributed by atoms with E-state index in [-0.39, 0.29) is 0 Å². The number of aromatic nitrogens is 9. The number of benzene rings is 21. The van der Waals surface area contributed by atoms with Gasteiger partial charge in [-0.1, -0.05) is 340 Å². The van der Waals surface area contributed by atoms with E-state index in [0.29, 0.717) is 17.5 Å². The maximum Gasteiger partial charge on any atom is 0.179 e. The third kappa shape index (κ3) is 14.3. The second-order valence-electron chi connectivity index (χ2n) is 36.1. The van der Waals surface area contributed by atoms with E-state index in [1.165, 1.54) is 98.4 Å². The van der Waals surface area contributed by atoms with Crippen molar-refractivity contribution in [2.45, 2.75) is 0 Å². The highest BCUT2D eigenvalue weighted by Gasteiger charge is 2.25. The first kappa shape index (κ1) is 82.2. The van der Waals surface area contributed by atoms with Crippen LogP contribution in [0.5, 0.6) is 0 Å². The van der Waals surface area contributed by atoms with Crippen molar-refractivity contribution in [3.63, 3.8) is 0 Å². The van der Waals surface area contributed by atoms with Gasteiger partial charge in [0.1, 0.15) is 17.1 Å². The van der Waals surface area contributed by atoms with E-state index >= 15 is 0 Å². The van der Waals surface area contributed by atoms with E-state index in [9.17, 15) is 0 Å².